The highest BCUT2D eigenvalue weighted by molar-refractivity contribution is 5.93. The minimum Gasteiger partial charge on any atom is -0.508 e. The largest absolute Gasteiger partial charge is 0.508 e. The fourth-order valence-electron chi connectivity index (χ4n) is 7.51. The van der Waals surface area contributed by atoms with Crippen molar-refractivity contribution in [1.82, 2.24) is 0 Å². The minimum absolute atomic E-state index is 0.0137. The van der Waals surface area contributed by atoms with Gasteiger partial charge in [-0.2, -0.15) is 19.0 Å². The second-order valence-corrected chi connectivity index (χ2v) is 11.7. The highest BCUT2D eigenvalue weighted by Gasteiger charge is 2.53. The van der Waals surface area contributed by atoms with E-state index in [2.05, 4.69) is 23.2 Å². The topological polar surface area (TPSA) is 63.4 Å². The Morgan fingerprint density at radius 2 is 1.76 bits per heavy atom. The molecular formula is C33H32F4N2O3. The van der Waals surface area contributed by atoms with Crippen molar-refractivity contribution in [2.45, 2.75) is 58.0 Å². The molecule has 4 atom stereocenters. The summed E-state index contributed by atoms with van der Waals surface area (Å²) < 4.78 is 65.8. The number of aryl methyl sites for hydroxylation is 1. The predicted octanol–water partition coefficient (Wildman–Crippen LogP) is 7.87. The summed E-state index contributed by atoms with van der Waals surface area (Å²) in [5.41, 5.74) is 4.83. The van der Waals surface area contributed by atoms with Crippen molar-refractivity contribution in [2.75, 3.05) is 7.11 Å². The van der Waals surface area contributed by atoms with Crippen LogP contribution in [0, 0.1) is 40.5 Å². The molecule has 2 fully saturated rings. The Morgan fingerprint density at radius 3 is 2.52 bits per heavy atom. The summed E-state index contributed by atoms with van der Waals surface area (Å²) >= 11 is 0. The Labute approximate surface area is 241 Å². The molecular weight excluding hydrogens is 548 g/mol. The highest BCUT2D eigenvalue weighted by Crippen LogP contribution is 2.60. The van der Waals surface area contributed by atoms with E-state index in [4.69, 9.17) is 9.47 Å². The average molecular weight is 581 g/mol. The SMILES string of the molecule is COc1ccc(/C=N\N=C2\CC[C@@H]3[C@@H]4CCc5cc(O)ccc5[C@@H]4CC[C@@]23C)cc1COc1c(F)c(F)cc(F)c1F. The molecule has 9 heteroatoms. The molecule has 0 amide bonds. The van der Waals surface area contributed by atoms with Gasteiger partial charge < -0.3 is 14.6 Å². The molecule has 5 nitrogen and oxygen atoms in total. The van der Waals surface area contributed by atoms with Crippen LogP contribution < -0.4 is 9.47 Å². The molecule has 0 aromatic heterocycles. The summed E-state index contributed by atoms with van der Waals surface area (Å²) in [6, 6.07) is 11.0. The summed E-state index contributed by atoms with van der Waals surface area (Å²) in [5, 5.41) is 19.0. The summed E-state index contributed by atoms with van der Waals surface area (Å²) in [5.74, 6) is -5.06. The highest BCUT2D eigenvalue weighted by atomic mass is 19.2. The van der Waals surface area contributed by atoms with Gasteiger partial charge in [0, 0.05) is 22.8 Å². The molecule has 3 aliphatic carbocycles. The van der Waals surface area contributed by atoms with Gasteiger partial charge >= 0.3 is 0 Å². The molecule has 2 saturated carbocycles. The van der Waals surface area contributed by atoms with Crippen LogP contribution in [0.25, 0.3) is 0 Å². The van der Waals surface area contributed by atoms with Crippen molar-refractivity contribution >= 4 is 11.9 Å². The standard InChI is InChI=1S/C33H32F4N2O3/c1-33-12-11-23-22-7-5-21(40)14-19(22)4-6-24(23)25(33)8-10-29(33)39-38-16-18-3-9-28(41-2)20(13-18)17-42-32-30(36)26(34)15-27(35)31(32)37/h3,5,7,9,13-16,23-25,40H,4,6,8,10-12,17H2,1-2H3/b38-16-,39-29-/t23-,24+,25+,33+/m0/s1. The number of fused-ring (bicyclic) bond motifs is 5. The molecule has 3 aliphatic rings. The maximum absolute atomic E-state index is 14.1. The minimum atomic E-state index is -1.60. The lowest BCUT2D eigenvalue weighted by molar-refractivity contribution is 0.0955. The quantitative estimate of drug-likeness (QED) is 0.140. The first-order valence-electron chi connectivity index (χ1n) is 14.2. The maximum atomic E-state index is 14.1. The molecule has 3 aromatic rings. The van der Waals surface area contributed by atoms with Crippen molar-refractivity contribution in [2.24, 2.45) is 27.5 Å². The lowest BCUT2D eigenvalue weighted by atomic mass is 9.55. The predicted molar refractivity (Wildman–Crippen MR) is 151 cm³/mol. The summed E-state index contributed by atoms with van der Waals surface area (Å²) in [6.45, 7) is 1.93. The van der Waals surface area contributed by atoms with Gasteiger partial charge in [-0.05, 0) is 103 Å². The Bertz CT molecular complexity index is 1560. The summed E-state index contributed by atoms with van der Waals surface area (Å²) in [4.78, 5) is 0. The molecule has 0 radical (unpaired) electrons. The van der Waals surface area contributed by atoms with Gasteiger partial charge in [0.15, 0.2) is 17.4 Å². The number of rotatable bonds is 6. The van der Waals surface area contributed by atoms with Crippen LogP contribution in [0.3, 0.4) is 0 Å². The molecule has 220 valence electrons. The summed E-state index contributed by atoms with van der Waals surface area (Å²) in [7, 11) is 1.43. The van der Waals surface area contributed by atoms with Crippen molar-refractivity contribution in [3.63, 3.8) is 0 Å². The lowest BCUT2D eigenvalue weighted by Gasteiger charge is -2.49. The third-order valence-electron chi connectivity index (χ3n) is 9.58. The fourth-order valence-corrected chi connectivity index (χ4v) is 7.51. The number of nitrogens with zero attached hydrogens (tertiary/aromatic N) is 2. The molecule has 0 heterocycles. The number of methoxy groups -OCH3 is 1. The lowest BCUT2D eigenvalue weighted by Crippen LogP contribution is -2.42. The maximum Gasteiger partial charge on any atom is 0.203 e. The molecule has 0 unspecified atom stereocenters. The van der Waals surface area contributed by atoms with Crippen LogP contribution >= 0.6 is 0 Å². The smallest absolute Gasteiger partial charge is 0.203 e. The molecule has 42 heavy (non-hydrogen) atoms. The number of benzene rings is 3. The average Bonchev–Trinajstić information content (AvgIpc) is 3.32. The molecule has 0 spiro atoms. The van der Waals surface area contributed by atoms with Gasteiger partial charge in [0.1, 0.15) is 18.1 Å². The number of phenolic OH excluding ortho intramolecular Hbond substituents is 1. The molecule has 0 bridgehead atoms. The van der Waals surface area contributed by atoms with E-state index in [9.17, 15) is 22.7 Å². The normalized spacial score (nSPS) is 25.8. The van der Waals surface area contributed by atoms with Crippen LogP contribution in [-0.2, 0) is 13.0 Å². The van der Waals surface area contributed by atoms with Crippen molar-refractivity contribution in [3.8, 4) is 17.2 Å². The van der Waals surface area contributed by atoms with E-state index in [1.807, 2.05) is 6.07 Å². The molecule has 0 saturated heterocycles. The Hall–Kier alpha value is -3.88. The van der Waals surface area contributed by atoms with Gasteiger partial charge in [-0.25, -0.2) is 8.78 Å². The van der Waals surface area contributed by atoms with Gasteiger partial charge in [-0.1, -0.05) is 13.0 Å². The summed E-state index contributed by atoms with van der Waals surface area (Å²) in [6.07, 6.45) is 7.79. The third kappa shape index (κ3) is 4.92. The molecule has 3 aromatic carbocycles. The molecule has 1 N–H and O–H groups in total. The van der Waals surface area contributed by atoms with Gasteiger partial charge in [0.05, 0.1) is 13.3 Å². The number of phenols is 1. The van der Waals surface area contributed by atoms with Gasteiger partial charge in [-0.15, -0.1) is 0 Å². The monoisotopic (exact) mass is 580 g/mol. The van der Waals surface area contributed by atoms with Crippen molar-refractivity contribution in [3.05, 3.63) is 88.0 Å². The Balaban J connectivity index is 1.18. The van der Waals surface area contributed by atoms with Gasteiger partial charge in [0.2, 0.25) is 11.6 Å². The first-order chi connectivity index (χ1) is 20.2. The fraction of sp³-hybridized carbons (Fsp3) is 0.394. The van der Waals surface area contributed by atoms with E-state index in [0.717, 1.165) is 44.2 Å². The van der Waals surface area contributed by atoms with Crippen LogP contribution in [0.4, 0.5) is 17.6 Å². The van der Waals surface area contributed by atoms with Gasteiger partial charge in [0.25, 0.3) is 0 Å². The number of aromatic hydroxyl groups is 1. The molecule has 6 rings (SSSR count). The van der Waals surface area contributed by atoms with Crippen LogP contribution in [0.5, 0.6) is 17.2 Å². The zero-order valence-corrected chi connectivity index (χ0v) is 23.5. The van der Waals surface area contributed by atoms with Crippen LogP contribution in [0.1, 0.15) is 67.2 Å². The number of hydrogen-bond acceptors (Lipinski definition) is 5. The first kappa shape index (κ1) is 28.2. The van der Waals surface area contributed by atoms with Gasteiger partial charge in [-0.3, -0.25) is 0 Å². The van der Waals surface area contributed by atoms with E-state index < -0.39 is 29.0 Å². The zero-order chi connectivity index (χ0) is 29.6. The Morgan fingerprint density at radius 1 is 0.976 bits per heavy atom. The van der Waals surface area contributed by atoms with E-state index in [-0.39, 0.29) is 18.1 Å². The van der Waals surface area contributed by atoms with Crippen LogP contribution in [0.2, 0.25) is 0 Å². The number of halogens is 4. The number of ether oxygens (including phenoxy) is 2. The first-order valence-corrected chi connectivity index (χ1v) is 14.2. The van der Waals surface area contributed by atoms with E-state index in [1.165, 1.54) is 18.2 Å². The van der Waals surface area contributed by atoms with Crippen LogP contribution in [-0.4, -0.2) is 24.1 Å². The second-order valence-electron chi connectivity index (χ2n) is 11.7. The zero-order valence-electron chi connectivity index (χ0n) is 23.5. The Kier molecular flexibility index (Phi) is 7.45. The van der Waals surface area contributed by atoms with Crippen molar-refractivity contribution in [1.29, 1.82) is 0 Å². The van der Waals surface area contributed by atoms with E-state index in [0.29, 0.717) is 40.4 Å². The number of hydrogen-bond donors (Lipinski definition) is 1. The van der Waals surface area contributed by atoms with Crippen LogP contribution in [0.15, 0.2) is 52.7 Å². The third-order valence-corrected chi connectivity index (χ3v) is 9.58. The van der Waals surface area contributed by atoms with E-state index in [1.54, 1.807) is 30.5 Å². The molecule has 0 aliphatic heterocycles. The van der Waals surface area contributed by atoms with E-state index >= 15 is 0 Å². The van der Waals surface area contributed by atoms with Crippen molar-refractivity contribution < 1.29 is 32.1 Å². The second kappa shape index (κ2) is 11.1.